The maximum atomic E-state index is 12.4. The maximum absolute atomic E-state index is 12.4. The Labute approximate surface area is 181 Å². The summed E-state index contributed by atoms with van der Waals surface area (Å²) in [6.45, 7) is 4.34. The summed E-state index contributed by atoms with van der Waals surface area (Å²) in [5.41, 5.74) is 6.55. The number of aliphatic hydroxyl groups is 1. The molecule has 0 saturated heterocycles. The molecule has 0 bridgehead atoms. The zero-order chi connectivity index (χ0) is 23.6. The van der Waals surface area contributed by atoms with Crippen molar-refractivity contribution in [2.75, 3.05) is 6.61 Å². The molecule has 0 heterocycles. The van der Waals surface area contributed by atoms with Crippen molar-refractivity contribution >= 4 is 23.7 Å². The summed E-state index contributed by atoms with van der Waals surface area (Å²) in [4.78, 5) is 48.4. The van der Waals surface area contributed by atoms with Crippen LogP contribution in [0.2, 0.25) is 0 Å². The largest absolute Gasteiger partial charge is 0.480 e. The van der Waals surface area contributed by atoms with Crippen molar-refractivity contribution in [2.24, 2.45) is 11.7 Å². The van der Waals surface area contributed by atoms with Gasteiger partial charge in [-0.1, -0.05) is 50.6 Å². The van der Waals surface area contributed by atoms with E-state index in [4.69, 9.17) is 5.73 Å². The van der Waals surface area contributed by atoms with Crippen LogP contribution >= 0.6 is 0 Å². The van der Waals surface area contributed by atoms with Gasteiger partial charge in [0, 0.05) is 6.42 Å². The predicted molar refractivity (Wildman–Crippen MR) is 114 cm³/mol. The molecule has 5 unspecified atom stereocenters. The molecule has 10 heteroatoms. The van der Waals surface area contributed by atoms with E-state index in [0.29, 0.717) is 6.42 Å². The molecule has 7 N–H and O–H groups in total. The fourth-order valence-corrected chi connectivity index (χ4v) is 2.70. The first-order valence-electron chi connectivity index (χ1n) is 10.1. The lowest BCUT2D eigenvalue weighted by Crippen LogP contribution is -2.58. The lowest BCUT2D eigenvalue weighted by Gasteiger charge is -2.23. The smallest absolute Gasteiger partial charge is 0.326 e. The van der Waals surface area contributed by atoms with Gasteiger partial charge < -0.3 is 31.9 Å². The summed E-state index contributed by atoms with van der Waals surface area (Å²) < 4.78 is 0. The van der Waals surface area contributed by atoms with Gasteiger partial charge in [-0.15, -0.1) is 0 Å². The number of hydrogen-bond acceptors (Lipinski definition) is 6. The van der Waals surface area contributed by atoms with E-state index in [2.05, 4.69) is 16.0 Å². The van der Waals surface area contributed by atoms with Crippen molar-refractivity contribution in [3.05, 3.63) is 35.9 Å². The molecule has 10 nitrogen and oxygen atoms in total. The third-order valence-corrected chi connectivity index (χ3v) is 5.02. The van der Waals surface area contributed by atoms with Crippen LogP contribution in [-0.2, 0) is 25.6 Å². The number of carboxylic acid groups (broad SMARTS) is 1. The second-order valence-corrected chi connectivity index (χ2v) is 7.47. The standard InChI is InChI=1S/C21H32N4O6/c1-4-12(2)17(22)20(29)25-16(11-26)19(28)23-13(3)18(27)24-15(21(30)31)10-14-8-6-5-7-9-14/h5-9,12-13,15-17,26H,4,10-11,22H2,1-3H3,(H,23,28)(H,24,27)(H,25,29)(H,30,31). The Morgan fingerprint density at radius 3 is 2.03 bits per heavy atom. The Balaban J connectivity index is 2.68. The van der Waals surface area contributed by atoms with Gasteiger partial charge in [-0.3, -0.25) is 14.4 Å². The van der Waals surface area contributed by atoms with Crippen LogP contribution in [-0.4, -0.2) is 64.7 Å². The highest BCUT2D eigenvalue weighted by Crippen LogP contribution is 2.06. The van der Waals surface area contributed by atoms with E-state index in [-0.39, 0.29) is 12.3 Å². The monoisotopic (exact) mass is 436 g/mol. The van der Waals surface area contributed by atoms with E-state index in [1.165, 1.54) is 6.92 Å². The average Bonchev–Trinajstić information content (AvgIpc) is 2.75. The second-order valence-electron chi connectivity index (χ2n) is 7.47. The molecule has 0 radical (unpaired) electrons. The van der Waals surface area contributed by atoms with E-state index in [1.807, 2.05) is 6.92 Å². The number of benzene rings is 1. The molecule has 1 aromatic rings. The van der Waals surface area contributed by atoms with Gasteiger partial charge in [0.2, 0.25) is 17.7 Å². The first-order chi connectivity index (χ1) is 14.6. The molecule has 31 heavy (non-hydrogen) atoms. The van der Waals surface area contributed by atoms with Crippen LogP contribution in [0.1, 0.15) is 32.8 Å². The number of aliphatic hydroxyl groups excluding tert-OH is 1. The van der Waals surface area contributed by atoms with E-state index < -0.39 is 54.5 Å². The highest BCUT2D eigenvalue weighted by atomic mass is 16.4. The van der Waals surface area contributed by atoms with Gasteiger partial charge in [0.25, 0.3) is 0 Å². The van der Waals surface area contributed by atoms with Crippen LogP contribution in [0, 0.1) is 5.92 Å². The molecule has 3 amide bonds. The number of hydrogen-bond donors (Lipinski definition) is 6. The molecule has 0 aliphatic heterocycles. The molecule has 5 atom stereocenters. The molecular weight excluding hydrogens is 404 g/mol. The van der Waals surface area contributed by atoms with E-state index in [1.54, 1.807) is 37.3 Å². The van der Waals surface area contributed by atoms with Crippen LogP contribution in [0.5, 0.6) is 0 Å². The van der Waals surface area contributed by atoms with Crippen molar-refractivity contribution in [1.29, 1.82) is 0 Å². The lowest BCUT2D eigenvalue weighted by molar-refractivity contribution is -0.142. The summed E-state index contributed by atoms with van der Waals surface area (Å²) in [6.07, 6.45) is 0.737. The third kappa shape index (κ3) is 8.35. The summed E-state index contributed by atoms with van der Waals surface area (Å²) in [7, 11) is 0. The number of amides is 3. The van der Waals surface area contributed by atoms with Crippen LogP contribution in [0.4, 0.5) is 0 Å². The molecule has 1 aromatic carbocycles. The highest BCUT2D eigenvalue weighted by Gasteiger charge is 2.29. The van der Waals surface area contributed by atoms with Gasteiger partial charge >= 0.3 is 5.97 Å². The molecule has 0 saturated carbocycles. The number of carbonyl (C=O) groups is 4. The van der Waals surface area contributed by atoms with Gasteiger partial charge in [-0.2, -0.15) is 0 Å². The quantitative estimate of drug-likeness (QED) is 0.248. The van der Waals surface area contributed by atoms with Gasteiger partial charge in [0.05, 0.1) is 12.6 Å². The van der Waals surface area contributed by atoms with Crippen molar-refractivity contribution in [1.82, 2.24) is 16.0 Å². The number of carboxylic acids is 1. The molecule has 0 aromatic heterocycles. The number of nitrogens with two attached hydrogens (primary N) is 1. The summed E-state index contributed by atoms with van der Waals surface area (Å²) >= 11 is 0. The summed E-state index contributed by atoms with van der Waals surface area (Å²) in [6, 6.07) is 4.37. The normalized spacial score (nSPS) is 15.6. The number of rotatable bonds is 12. The molecule has 0 fully saturated rings. The first-order valence-corrected chi connectivity index (χ1v) is 10.1. The predicted octanol–water partition coefficient (Wildman–Crippen LogP) is -0.846. The fourth-order valence-electron chi connectivity index (χ4n) is 2.70. The average molecular weight is 437 g/mol. The number of nitrogens with one attached hydrogen (secondary N) is 3. The topological polar surface area (TPSA) is 171 Å². The highest BCUT2D eigenvalue weighted by molar-refractivity contribution is 5.94. The maximum Gasteiger partial charge on any atom is 0.326 e. The van der Waals surface area contributed by atoms with Crippen LogP contribution in [0.25, 0.3) is 0 Å². The minimum atomic E-state index is -1.29. The fraction of sp³-hybridized carbons (Fsp3) is 0.524. The Morgan fingerprint density at radius 1 is 0.935 bits per heavy atom. The lowest BCUT2D eigenvalue weighted by atomic mass is 9.99. The molecule has 172 valence electrons. The Bertz CT molecular complexity index is 757. The van der Waals surface area contributed by atoms with Crippen LogP contribution < -0.4 is 21.7 Å². The molecule has 0 aliphatic rings. The SMILES string of the molecule is CCC(C)C(N)C(=O)NC(CO)C(=O)NC(C)C(=O)NC(Cc1ccccc1)C(=O)O. The summed E-state index contributed by atoms with van der Waals surface area (Å²) in [5, 5.41) is 26.0. The van der Waals surface area contributed by atoms with Crippen molar-refractivity contribution < 1.29 is 29.4 Å². The van der Waals surface area contributed by atoms with Crippen molar-refractivity contribution in [3.8, 4) is 0 Å². The van der Waals surface area contributed by atoms with Gasteiger partial charge in [0.15, 0.2) is 0 Å². The van der Waals surface area contributed by atoms with Gasteiger partial charge in [-0.25, -0.2) is 4.79 Å². The molecule has 1 rings (SSSR count). The van der Waals surface area contributed by atoms with Crippen LogP contribution in [0.3, 0.4) is 0 Å². The van der Waals surface area contributed by atoms with E-state index >= 15 is 0 Å². The number of carbonyl (C=O) groups excluding carboxylic acids is 3. The second kappa shape index (κ2) is 12.7. The van der Waals surface area contributed by atoms with Gasteiger partial charge in [-0.05, 0) is 18.4 Å². The minimum Gasteiger partial charge on any atom is -0.480 e. The Kier molecular flexibility index (Phi) is 10.6. The van der Waals surface area contributed by atoms with E-state index in [9.17, 15) is 29.4 Å². The van der Waals surface area contributed by atoms with Crippen LogP contribution in [0.15, 0.2) is 30.3 Å². The third-order valence-electron chi connectivity index (χ3n) is 5.02. The zero-order valence-electron chi connectivity index (χ0n) is 18.0. The molecular formula is C21H32N4O6. The molecule has 0 spiro atoms. The zero-order valence-corrected chi connectivity index (χ0v) is 18.0. The Morgan fingerprint density at radius 2 is 1.52 bits per heavy atom. The van der Waals surface area contributed by atoms with Crippen molar-refractivity contribution in [2.45, 2.75) is 57.8 Å². The minimum absolute atomic E-state index is 0.0748. The van der Waals surface area contributed by atoms with Gasteiger partial charge in [0.1, 0.15) is 18.1 Å². The van der Waals surface area contributed by atoms with Crippen molar-refractivity contribution in [3.63, 3.8) is 0 Å². The van der Waals surface area contributed by atoms with E-state index in [0.717, 1.165) is 5.56 Å². The number of aliphatic carboxylic acids is 1. The first kappa shape index (κ1) is 26.1. The summed E-state index contributed by atoms with van der Waals surface area (Å²) in [5.74, 6) is -3.42. The Hall–Kier alpha value is -2.98. The molecule has 0 aliphatic carbocycles.